The zero-order valence-electron chi connectivity index (χ0n) is 8.83. The van der Waals surface area contributed by atoms with Crippen LogP contribution in [-0.2, 0) is 9.84 Å². The van der Waals surface area contributed by atoms with Crippen molar-refractivity contribution in [3.8, 4) is 12.3 Å². The normalized spacial score (nSPS) is 23.2. The topological polar surface area (TPSA) is 72.2 Å². The van der Waals surface area contributed by atoms with Crippen molar-refractivity contribution in [1.29, 1.82) is 0 Å². The van der Waals surface area contributed by atoms with Crippen LogP contribution in [0.5, 0.6) is 0 Å². The number of hydrogen-bond donors (Lipinski definition) is 2. The van der Waals surface area contributed by atoms with Gasteiger partial charge in [-0.15, -0.1) is 12.3 Å². The lowest BCUT2D eigenvalue weighted by atomic mass is 9.92. The quantitative estimate of drug-likeness (QED) is 0.505. The fraction of sp³-hybridized carbons (Fsp3) is 0.800. The first-order chi connectivity index (χ1) is 7.04. The Morgan fingerprint density at radius 3 is 2.47 bits per heavy atom. The summed E-state index contributed by atoms with van der Waals surface area (Å²) in [5.41, 5.74) is 5.48. The first-order valence-corrected chi connectivity index (χ1v) is 6.95. The van der Waals surface area contributed by atoms with E-state index in [1.165, 1.54) is 0 Å². The fourth-order valence-corrected chi connectivity index (χ4v) is 3.39. The lowest BCUT2D eigenvalue weighted by Gasteiger charge is -2.37. The predicted octanol–water partition coefficient (Wildman–Crippen LogP) is -0.495. The summed E-state index contributed by atoms with van der Waals surface area (Å²) in [6.07, 6.45) is 6.99. The maximum absolute atomic E-state index is 11.3. The molecule has 0 radical (unpaired) electrons. The highest BCUT2D eigenvalue weighted by molar-refractivity contribution is 7.91. The van der Waals surface area contributed by atoms with E-state index in [2.05, 4.69) is 11.2 Å². The van der Waals surface area contributed by atoms with E-state index >= 15 is 0 Å². The second kappa shape index (κ2) is 4.97. The molecule has 1 fully saturated rings. The number of nitrogens with one attached hydrogen (secondary N) is 1. The fourth-order valence-electron chi connectivity index (χ4n) is 1.78. The highest BCUT2D eigenvalue weighted by atomic mass is 32.2. The van der Waals surface area contributed by atoms with E-state index in [-0.39, 0.29) is 17.0 Å². The zero-order chi connectivity index (χ0) is 11.4. The van der Waals surface area contributed by atoms with Crippen molar-refractivity contribution in [1.82, 2.24) is 5.32 Å². The summed E-state index contributed by atoms with van der Waals surface area (Å²) in [4.78, 5) is 0. The number of hydrogen-bond acceptors (Lipinski definition) is 4. The van der Waals surface area contributed by atoms with Crippen LogP contribution in [-0.4, -0.2) is 38.6 Å². The SMILES string of the molecule is C#CCCNC1(CN)CCS(=O)(=O)CC1. The molecule has 1 aliphatic rings. The molecule has 15 heavy (non-hydrogen) atoms. The number of sulfone groups is 1. The van der Waals surface area contributed by atoms with E-state index in [9.17, 15) is 8.42 Å². The first kappa shape index (κ1) is 12.5. The summed E-state index contributed by atoms with van der Waals surface area (Å²) >= 11 is 0. The van der Waals surface area contributed by atoms with Crippen LogP contribution in [0.3, 0.4) is 0 Å². The van der Waals surface area contributed by atoms with Gasteiger partial charge < -0.3 is 11.1 Å². The van der Waals surface area contributed by atoms with Crippen molar-refractivity contribution in [2.75, 3.05) is 24.6 Å². The summed E-state index contributed by atoms with van der Waals surface area (Å²) < 4.78 is 22.6. The van der Waals surface area contributed by atoms with E-state index < -0.39 is 9.84 Å². The van der Waals surface area contributed by atoms with Crippen LogP contribution < -0.4 is 11.1 Å². The van der Waals surface area contributed by atoms with Crippen LogP contribution in [0.15, 0.2) is 0 Å². The Bertz CT molecular complexity index is 329. The van der Waals surface area contributed by atoms with Crippen LogP contribution >= 0.6 is 0 Å². The van der Waals surface area contributed by atoms with E-state index in [1.807, 2.05) is 0 Å². The summed E-state index contributed by atoms with van der Waals surface area (Å²) in [5, 5.41) is 3.29. The van der Waals surface area contributed by atoms with E-state index in [1.54, 1.807) is 0 Å². The van der Waals surface area contributed by atoms with Crippen LogP contribution in [0.25, 0.3) is 0 Å². The van der Waals surface area contributed by atoms with Gasteiger partial charge in [-0.3, -0.25) is 0 Å². The molecule has 5 heteroatoms. The van der Waals surface area contributed by atoms with Gasteiger partial charge in [0.05, 0.1) is 11.5 Å². The molecule has 1 heterocycles. The molecular weight excluding hydrogens is 212 g/mol. The van der Waals surface area contributed by atoms with Crippen molar-refractivity contribution in [2.24, 2.45) is 5.73 Å². The summed E-state index contributed by atoms with van der Waals surface area (Å²) in [7, 11) is -2.83. The predicted molar refractivity (Wildman–Crippen MR) is 61.1 cm³/mol. The Kier molecular flexibility index (Phi) is 4.14. The largest absolute Gasteiger partial charge is 0.329 e. The maximum Gasteiger partial charge on any atom is 0.150 e. The van der Waals surface area contributed by atoms with Crippen LogP contribution in [0.2, 0.25) is 0 Å². The third-order valence-electron chi connectivity index (χ3n) is 2.94. The standard InChI is InChI=1S/C10H18N2O2S/c1-2-3-6-12-10(9-11)4-7-15(13,14)8-5-10/h1,12H,3-9,11H2. The molecular formula is C10H18N2O2S. The third kappa shape index (κ3) is 3.49. The monoisotopic (exact) mass is 230 g/mol. The number of nitrogens with two attached hydrogens (primary N) is 1. The van der Waals surface area contributed by atoms with Gasteiger partial charge in [0.25, 0.3) is 0 Å². The second-order valence-corrected chi connectivity index (χ2v) is 6.32. The van der Waals surface area contributed by atoms with Gasteiger partial charge in [0.15, 0.2) is 0 Å². The Hall–Kier alpha value is -0.570. The van der Waals surface area contributed by atoms with Crippen LogP contribution in [0, 0.1) is 12.3 Å². The van der Waals surface area contributed by atoms with E-state index in [0.29, 0.717) is 32.4 Å². The van der Waals surface area contributed by atoms with Gasteiger partial charge in [0.1, 0.15) is 9.84 Å². The van der Waals surface area contributed by atoms with Crippen molar-refractivity contribution in [3.05, 3.63) is 0 Å². The molecule has 1 saturated heterocycles. The van der Waals surface area contributed by atoms with E-state index in [4.69, 9.17) is 12.2 Å². The molecule has 4 nitrogen and oxygen atoms in total. The Labute approximate surface area is 91.5 Å². The molecule has 0 atom stereocenters. The van der Waals surface area contributed by atoms with Crippen LogP contribution in [0.1, 0.15) is 19.3 Å². The Morgan fingerprint density at radius 2 is 2.00 bits per heavy atom. The smallest absolute Gasteiger partial charge is 0.150 e. The van der Waals surface area contributed by atoms with Crippen LogP contribution in [0.4, 0.5) is 0 Å². The summed E-state index contributed by atoms with van der Waals surface area (Å²) in [5.74, 6) is 3.00. The minimum atomic E-state index is -2.83. The molecule has 0 amide bonds. The Balaban J connectivity index is 2.53. The molecule has 1 rings (SSSR count). The Morgan fingerprint density at radius 1 is 1.40 bits per heavy atom. The molecule has 0 aliphatic carbocycles. The number of terminal acetylenes is 1. The first-order valence-electron chi connectivity index (χ1n) is 5.13. The third-order valence-corrected chi connectivity index (χ3v) is 4.60. The van der Waals surface area contributed by atoms with Crippen molar-refractivity contribution in [3.63, 3.8) is 0 Å². The van der Waals surface area contributed by atoms with Gasteiger partial charge in [-0.2, -0.15) is 0 Å². The van der Waals surface area contributed by atoms with Crippen molar-refractivity contribution >= 4 is 9.84 Å². The number of rotatable bonds is 4. The van der Waals surface area contributed by atoms with Crippen molar-refractivity contribution in [2.45, 2.75) is 24.8 Å². The molecule has 0 unspecified atom stereocenters. The van der Waals surface area contributed by atoms with Gasteiger partial charge in [0, 0.05) is 25.0 Å². The minimum Gasteiger partial charge on any atom is -0.329 e. The van der Waals surface area contributed by atoms with Gasteiger partial charge in [-0.05, 0) is 12.8 Å². The molecule has 0 aromatic carbocycles. The average molecular weight is 230 g/mol. The highest BCUT2D eigenvalue weighted by Crippen LogP contribution is 2.22. The molecule has 0 bridgehead atoms. The zero-order valence-corrected chi connectivity index (χ0v) is 9.65. The van der Waals surface area contributed by atoms with E-state index in [0.717, 1.165) is 0 Å². The lowest BCUT2D eigenvalue weighted by Crippen LogP contribution is -2.55. The summed E-state index contributed by atoms with van der Waals surface area (Å²) in [6, 6.07) is 0. The van der Waals surface area contributed by atoms with Gasteiger partial charge in [-0.1, -0.05) is 0 Å². The molecule has 0 aromatic rings. The minimum absolute atomic E-state index is 0.220. The molecule has 0 spiro atoms. The van der Waals surface area contributed by atoms with Crippen molar-refractivity contribution < 1.29 is 8.42 Å². The molecule has 86 valence electrons. The van der Waals surface area contributed by atoms with Gasteiger partial charge in [-0.25, -0.2) is 8.42 Å². The molecule has 3 N–H and O–H groups in total. The second-order valence-electron chi connectivity index (χ2n) is 4.02. The highest BCUT2D eigenvalue weighted by Gasteiger charge is 2.35. The summed E-state index contributed by atoms with van der Waals surface area (Å²) in [6.45, 7) is 1.17. The molecule has 0 saturated carbocycles. The maximum atomic E-state index is 11.3. The van der Waals surface area contributed by atoms with Gasteiger partial charge >= 0.3 is 0 Å². The average Bonchev–Trinajstić information content (AvgIpc) is 2.22. The lowest BCUT2D eigenvalue weighted by molar-refractivity contribution is 0.305. The van der Waals surface area contributed by atoms with Gasteiger partial charge in [0.2, 0.25) is 0 Å². The molecule has 1 aliphatic heterocycles. The molecule has 0 aromatic heterocycles.